The summed E-state index contributed by atoms with van der Waals surface area (Å²) in [7, 11) is 1.71. The number of carbonyl (C=O) groups excluding carboxylic acids is 2. The first-order chi connectivity index (χ1) is 11.1. The van der Waals surface area contributed by atoms with Gasteiger partial charge in [-0.25, -0.2) is 9.78 Å². The highest BCUT2D eigenvalue weighted by molar-refractivity contribution is 9.10. The predicted octanol–water partition coefficient (Wildman–Crippen LogP) is 4.04. The van der Waals surface area contributed by atoms with Crippen LogP contribution in [0.2, 0.25) is 5.02 Å². The summed E-state index contributed by atoms with van der Waals surface area (Å²) in [4.78, 5) is 28.3. The molecule has 0 unspecified atom stereocenters. The Hall–Kier alpha value is -1.86. The standard InChI is InChI=1S/C16H17BrClN3O3/c1-16(2,3)24-15(23)10-6-5-9(7-11(10)18)20-14(22)13-19-8-12(17)21(13)4/h5-8H,1-4H3,(H,20,22). The Labute approximate surface area is 153 Å². The monoisotopic (exact) mass is 413 g/mol. The summed E-state index contributed by atoms with van der Waals surface area (Å²) in [6.07, 6.45) is 1.54. The van der Waals surface area contributed by atoms with Gasteiger partial charge in [0, 0.05) is 12.7 Å². The fraction of sp³-hybridized carbons (Fsp3) is 0.312. The van der Waals surface area contributed by atoms with Crippen molar-refractivity contribution in [2.45, 2.75) is 26.4 Å². The van der Waals surface area contributed by atoms with Crippen LogP contribution in [-0.2, 0) is 11.8 Å². The molecule has 24 heavy (non-hydrogen) atoms. The van der Waals surface area contributed by atoms with E-state index in [9.17, 15) is 9.59 Å². The third kappa shape index (κ3) is 4.36. The van der Waals surface area contributed by atoms with Crippen molar-refractivity contribution in [1.29, 1.82) is 0 Å². The maximum absolute atomic E-state index is 12.2. The summed E-state index contributed by atoms with van der Waals surface area (Å²) in [6.45, 7) is 5.33. The van der Waals surface area contributed by atoms with E-state index < -0.39 is 11.6 Å². The van der Waals surface area contributed by atoms with E-state index >= 15 is 0 Å². The number of rotatable bonds is 3. The molecule has 128 valence electrons. The molecule has 2 aromatic rings. The van der Waals surface area contributed by atoms with Crippen LogP contribution >= 0.6 is 27.5 Å². The van der Waals surface area contributed by atoms with Crippen LogP contribution in [0.3, 0.4) is 0 Å². The SMILES string of the molecule is Cn1c(Br)cnc1C(=O)Nc1ccc(C(=O)OC(C)(C)C)c(Cl)c1. The van der Waals surface area contributed by atoms with E-state index in [0.717, 1.165) is 0 Å². The smallest absolute Gasteiger partial charge is 0.340 e. The molecule has 0 radical (unpaired) electrons. The average molecular weight is 415 g/mol. The highest BCUT2D eigenvalue weighted by Gasteiger charge is 2.21. The molecule has 0 aliphatic rings. The van der Waals surface area contributed by atoms with Crippen molar-refractivity contribution in [3.05, 3.63) is 45.4 Å². The van der Waals surface area contributed by atoms with E-state index in [0.29, 0.717) is 10.3 Å². The molecular formula is C16H17BrClN3O3. The van der Waals surface area contributed by atoms with Crippen molar-refractivity contribution in [2.24, 2.45) is 7.05 Å². The molecule has 1 amide bonds. The summed E-state index contributed by atoms with van der Waals surface area (Å²) in [5, 5.41) is 2.89. The Balaban J connectivity index is 2.16. The van der Waals surface area contributed by atoms with Gasteiger partial charge in [-0.05, 0) is 54.9 Å². The molecule has 1 N–H and O–H groups in total. The van der Waals surface area contributed by atoms with Crippen LogP contribution < -0.4 is 5.32 Å². The number of nitrogens with one attached hydrogen (secondary N) is 1. The zero-order chi connectivity index (χ0) is 18.1. The van der Waals surface area contributed by atoms with Gasteiger partial charge in [-0.1, -0.05) is 11.6 Å². The maximum Gasteiger partial charge on any atom is 0.340 e. The molecule has 2 rings (SSSR count). The average Bonchev–Trinajstić information content (AvgIpc) is 2.77. The zero-order valence-electron chi connectivity index (χ0n) is 13.7. The van der Waals surface area contributed by atoms with Crippen LogP contribution in [0.4, 0.5) is 5.69 Å². The van der Waals surface area contributed by atoms with Crippen molar-refractivity contribution in [3.8, 4) is 0 Å². The minimum atomic E-state index is -0.612. The molecule has 1 aromatic heterocycles. The molecule has 0 aliphatic carbocycles. The summed E-state index contributed by atoms with van der Waals surface area (Å²) in [6, 6.07) is 4.60. The van der Waals surface area contributed by atoms with Gasteiger partial charge in [-0.2, -0.15) is 0 Å². The molecule has 0 saturated heterocycles. The van der Waals surface area contributed by atoms with Gasteiger partial charge in [-0.3, -0.25) is 4.79 Å². The number of aromatic nitrogens is 2. The second-order valence-corrected chi connectivity index (χ2v) is 7.33. The summed E-state index contributed by atoms with van der Waals surface area (Å²) in [5.41, 5.74) is 0.0829. The van der Waals surface area contributed by atoms with E-state index in [2.05, 4.69) is 26.2 Å². The molecule has 0 spiro atoms. The number of ether oxygens (including phenoxy) is 1. The van der Waals surface area contributed by atoms with Crippen molar-refractivity contribution in [2.75, 3.05) is 5.32 Å². The number of anilines is 1. The molecular weight excluding hydrogens is 398 g/mol. The molecule has 0 fully saturated rings. The van der Waals surface area contributed by atoms with E-state index in [1.54, 1.807) is 38.5 Å². The normalized spacial score (nSPS) is 11.2. The highest BCUT2D eigenvalue weighted by Crippen LogP contribution is 2.24. The number of imidazole rings is 1. The quantitative estimate of drug-likeness (QED) is 0.769. The second kappa shape index (κ2) is 6.94. The third-order valence-corrected chi connectivity index (χ3v) is 4.03. The van der Waals surface area contributed by atoms with Crippen LogP contribution in [0.5, 0.6) is 0 Å². The van der Waals surface area contributed by atoms with Crippen LogP contribution in [0, 0.1) is 0 Å². The van der Waals surface area contributed by atoms with Gasteiger partial charge in [0.25, 0.3) is 5.91 Å². The van der Waals surface area contributed by atoms with Gasteiger partial charge >= 0.3 is 5.97 Å². The number of hydrogen-bond donors (Lipinski definition) is 1. The lowest BCUT2D eigenvalue weighted by Crippen LogP contribution is -2.24. The van der Waals surface area contributed by atoms with Gasteiger partial charge in [0.1, 0.15) is 10.2 Å². The lowest BCUT2D eigenvalue weighted by Gasteiger charge is -2.20. The summed E-state index contributed by atoms with van der Waals surface area (Å²) < 4.78 is 7.57. The molecule has 0 bridgehead atoms. The molecule has 0 atom stereocenters. The number of benzene rings is 1. The zero-order valence-corrected chi connectivity index (χ0v) is 16.0. The van der Waals surface area contributed by atoms with Crippen LogP contribution in [-0.4, -0.2) is 27.0 Å². The molecule has 8 heteroatoms. The lowest BCUT2D eigenvalue weighted by molar-refractivity contribution is 0.00697. The Morgan fingerprint density at radius 3 is 2.50 bits per heavy atom. The van der Waals surface area contributed by atoms with Crippen molar-refractivity contribution >= 4 is 45.1 Å². The number of nitrogens with zero attached hydrogens (tertiary/aromatic N) is 2. The Kier molecular flexibility index (Phi) is 5.35. The van der Waals surface area contributed by atoms with Crippen LogP contribution in [0.15, 0.2) is 29.0 Å². The number of hydrogen-bond acceptors (Lipinski definition) is 4. The van der Waals surface area contributed by atoms with E-state index in [-0.39, 0.29) is 22.3 Å². The largest absolute Gasteiger partial charge is 0.456 e. The van der Waals surface area contributed by atoms with Gasteiger partial charge in [0.2, 0.25) is 0 Å². The van der Waals surface area contributed by atoms with Crippen molar-refractivity contribution in [3.63, 3.8) is 0 Å². The van der Waals surface area contributed by atoms with Crippen LogP contribution in [0.25, 0.3) is 0 Å². The highest BCUT2D eigenvalue weighted by atomic mass is 79.9. The van der Waals surface area contributed by atoms with Gasteiger partial charge in [-0.15, -0.1) is 0 Å². The van der Waals surface area contributed by atoms with Crippen LogP contribution in [0.1, 0.15) is 41.7 Å². The van der Waals surface area contributed by atoms with E-state index in [4.69, 9.17) is 16.3 Å². The van der Waals surface area contributed by atoms with Gasteiger partial charge in [0.15, 0.2) is 5.82 Å². The summed E-state index contributed by atoms with van der Waals surface area (Å²) >= 11 is 9.42. The Morgan fingerprint density at radius 1 is 1.33 bits per heavy atom. The molecule has 0 aliphatic heterocycles. The maximum atomic E-state index is 12.2. The minimum absolute atomic E-state index is 0.197. The fourth-order valence-corrected chi connectivity index (χ4v) is 2.41. The topological polar surface area (TPSA) is 73.2 Å². The number of carbonyl (C=O) groups is 2. The summed E-state index contributed by atoms with van der Waals surface area (Å²) in [5.74, 6) is -0.656. The van der Waals surface area contributed by atoms with E-state index in [1.807, 2.05) is 0 Å². The molecule has 0 saturated carbocycles. The Bertz CT molecular complexity index is 796. The molecule has 1 heterocycles. The second-order valence-electron chi connectivity index (χ2n) is 6.11. The Morgan fingerprint density at radius 2 is 2.00 bits per heavy atom. The minimum Gasteiger partial charge on any atom is -0.456 e. The molecule has 6 nitrogen and oxygen atoms in total. The number of halogens is 2. The fourth-order valence-electron chi connectivity index (χ4n) is 1.88. The number of esters is 1. The molecule has 1 aromatic carbocycles. The third-order valence-electron chi connectivity index (χ3n) is 2.98. The van der Waals surface area contributed by atoms with Gasteiger partial charge in [0.05, 0.1) is 16.8 Å². The first-order valence-corrected chi connectivity index (χ1v) is 8.27. The predicted molar refractivity (Wildman–Crippen MR) is 95.5 cm³/mol. The first kappa shape index (κ1) is 18.5. The first-order valence-electron chi connectivity index (χ1n) is 7.10. The number of amides is 1. The van der Waals surface area contributed by atoms with Crippen molar-refractivity contribution < 1.29 is 14.3 Å². The van der Waals surface area contributed by atoms with E-state index in [1.165, 1.54) is 18.3 Å². The lowest BCUT2D eigenvalue weighted by atomic mass is 10.1. The van der Waals surface area contributed by atoms with Crippen molar-refractivity contribution in [1.82, 2.24) is 9.55 Å². The van der Waals surface area contributed by atoms with Gasteiger partial charge < -0.3 is 14.6 Å².